The minimum atomic E-state index is -0.723. The zero-order valence-corrected chi connectivity index (χ0v) is 10.9. The number of carbonyl (C=O) groups excluding carboxylic acids is 1. The number of carboxylic acids is 1. The van der Waals surface area contributed by atoms with Crippen molar-refractivity contribution in [3.8, 4) is 0 Å². The molecule has 2 rings (SSSR count). The van der Waals surface area contributed by atoms with Gasteiger partial charge in [0.05, 0.1) is 5.92 Å². The maximum Gasteiger partial charge on any atom is 0.307 e. The highest BCUT2D eigenvalue weighted by molar-refractivity contribution is 5.96. The normalized spacial score (nSPS) is 20.1. The predicted octanol–water partition coefficient (Wildman–Crippen LogP) is 2.06. The van der Waals surface area contributed by atoms with E-state index in [0.29, 0.717) is 19.5 Å². The zero-order valence-electron chi connectivity index (χ0n) is 10.9. The quantitative estimate of drug-likeness (QED) is 0.824. The Morgan fingerprint density at radius 2 is 2.00 bits per heavy atom. The Morgan fingerprint density at radius 1 is 1.26 bits per heavy atom. The number of likely N-dealkylation sites (tertiary alicyclic amines) is 1. The maximum absolute atomic E-state index is 12.0. The summed E-state index contributed by atoms with van der Waals surface area (Å²) in [6.45, 7) is 2.11. The number of hydrogen-bond donors (Lipinski definition) is 1. The largest absolute Gasteiger partial charge is 0.481 e. The van der Waals surface area contributed by atoms with Crippen LogP contribution in [0.4, 0.5) is 0 Å². The van der Waals surface area contributed by atoms with E-state index >= 15 is 0 Å². The van der Waals surface area contributed by atoms with Crippen LogP contribution in [0.5, 0.6) is 0 Å². The lowest BCUT2D eigenvalue weighted by atomic mass is 9.98. The van der Waals surface area contributed by atoms with E-state index in [1.165, 1.54) is 0 Å². The first-order valence-electron chi connectivity index (χ1n) is 6.70. The Balaban J connectivity index is 1.82. The first-order chi connectivity index (χ1) is 9.16. The molecule has 4 nitrogen and oxygen atoms in total. The second-order valence-electron chi connectivity index (χ2n) is 5.02. The molecule has 0 radical (unpaired) electrons. The molecule has 1 aliphatic heterocycles. The summed E-state index contributed by atoms with van der Waals surface area (Å²) >= 11 is 0. The molecule has 1 heterocycles. The van der Waals surface area contributed by atoms with Crippen LogP contribution in [0.1, 0.15) is 29.6 Å². The number of ketones is 1. The van der Waals surface area contributed by atoms with Crippen molar-refractivity contribution in [1.29, 1.82) is 0 Å². The van der Waals surface area contributed by atoms with Gasteiger partial charge in [-0.1, -0.05) is 30.3 Å². The second kappa shape index (κ2) is 6.48. The SMILES string of the molecule is O=C(CCN1CCCC(C(=O)O)C1)c1ccccc1. The van der Waals surface area contributed by atoms with Crippen LogP contribution in [-0.4, -0.2) is 41.4 Å². The van der Waals surface area contributed by atoms with Gasteiger partial charge in [0.1, 0.15) is 0 Å². The number of benzene rings is 1. The van der Waals surface area contributed by atoms with Crippen molar-refractivity contribution >= 4 is 11.8 Å². The first-order valence-corrected chi connectivity index (χ1v) is 6.70. The van der Waals surface area contributed by atoms with Gasteiger partial charge in [0.25, 0.3) is 0 Å². The van der Waals surface area contributed by atoms with Gasteiger partial charge >= 0.3 is 5.97 Å². The number of piperidine rings is 1. The standard InChI is InChI=1S/C15H19NO3/c17-14(12-5-2-1-3-6-12)8-10-16-9-4-7-13(11-16)15(18)19/h1-3,5-6,13H,4,7-11H2,(H,18,19). The van der Waals surface area contributed by atoms with Gasteiger partial charge < -0.3 is 10.0 Å². The van der Waals surface area contributed by atoms with Crippen molar-refractivity contribution in [1.82, 2.24) is 4.90 Å². The first kappa shape index (κ1) is 13.7. The van der Waals surface area contributed by atoms with Gasteiger partial charge in [-0.05, 0) is 19.4 Å². The molecule has 1 aromatic carbocycles. The summed E-state index contributed by atoms with van der Waals surface area (Å²) in [7, 11) is 0. The number of carbonyl (C=O) groups is 2. The predicted molar refractivity (Wildman–Crippen MR) is 72.2 cm³/mol. The fraction of sp³-hybridized carbons (Fsp3) is 0.467. The van der Waals surface area contributed by atoms with E-state index in [1.807, 2.05) is 30.3 Å². The summed E-state index contributed by atoms with van der Waals surface area (Å²) in [5, 5.41) is 9.02. The van der Waals surface area contributed by atoms with E-state index in [1.54, 1.807) is 0 Å². The summed E-state index contributed by atoms with van der Waals surface area (Å²) in [5.74, 6) is -0.877. The number of hydrogen-bond acceptors (Lipinski definition) is 3. The average molecular weight is 261 g/mol. The van der Waals surface area contributed by atoms with Crippen molar-refractivity contribution < 1.29 is 14.7 Å². The highest BCUT2D eigenvalue weighted by Crippen LogP contribution is 2.17. The molecule has 1 aliphatic rings. The second-order valence-corrected chi connectivity index (χ2v) is 5.02. The van der Waals surface area contributed by atoms with E-state index in [-0.39, 0.29) is 11.7 Å². The minimum absolute atomic E-state index is 0.123. The molecule has 1 N–H and O–H groups in total. The van der Waals surface area contributed by atoms with E-state index in [4.69, 9.17) is 5.11 Å². The fourth-order valence-electron chi connectivity index (χ4n) is 2.49. The molecule has 4 heteroatoms. The van der Waals surface area contributed by atoms with Crippen molar-refractivity contribution in [2.75, 3.05) is 19.6 Å². The molecule has 0 spiro atoms. The summed E-state index contributed by atoms with van der Waals surface area (Å²) < 4.78 is 0. The van der Waals surface area contributed by atoms with Crippen LogP contribution < -0.4 is 0 Å². The van der Waals surface area contributed by atoms with Gasteiger partial charge in [0.2, 0.25) is 0 Å². The van der Waals surface area contributed by atoms with Gasteiger partial charge in [-0.15, -0.1) is 0 Å². The Kier molecular flexibility index (Phi) is 4.68. The molecule has 0 aliphatic carbocycles. The third-order valence-corrected chi connectivity index (χ3v) is 3.61. The van der Waals surface area contributed by atoms with E-state index in [0.717, 1.165) is 24.9 Å². The van der Waals surface area contributed by atoms with Crippen LogP contribution >= 0.6 is 0 Å². The van der Waals surface area contributed by atoms with Gasteiger partial charge in [0.15, 0.2) is 5.78 Å². The van der Waals surface area contributed by atoms with Crippen molar-refractivity contribution in [3.05, 3.63) is 35.9 Å². The number of aliphatic carboxylic acids is 1. The monoisotopic (exact) mass is 261 g/mol. The summed E-state index contributed by atoms with van der Waals surface area (Å²) in [6, 6.07) is 9.24. The van der Waals surface area contributed by atoms with E-state index < -0.39 is 5.97 Å². The molecule has 0 saturated carbocycles. The number of carboxylic acid groups (broad SMARTS) is 1. The lowest BCUT2D eigenvalue weighted by Gasteiger charge is -2.30. The summed E-state index contributed by atoms with van der Waals surface area (Å²) in [6.07, 6.45) is 2.10. The Labute approximate surface area is 113 Å². The molecule has 19 heavy (non-hydrogen) atoms. The third-order valence-electron chi connectivity index (χ3n) is 3.61. The van der Waals surface area contributed by atoms with Gasteiger partial charge in [-0.3, -0.25) is 9.59 Å². The Bertz CT molecular complexity index is 444. The van der Waals surface area contributed by atoms with Gasteiger partial charge in [-0.2, -0.15) is 0 Å². The highest BCUT2D eigenvalue weighted by atomic mass is 16.4. The maximum atomic E-state index is 12.0. The van der Waals surface area contributed by atoms with Crippen LogP contribution in [0.25, 0.3) is 0 Å². The van der Waals surface area contributed by atoms with Crippen molar-refractivity contribution in [3.63, 3.8) is 0 Å². The highest BCUT2D eigenvalue weighted by Gasteiger charge is 2.25. The third kappa shape index (κ3) is 3.89. The molecule has 1 saturated heterocycles. The molecule has 1 fully saturated rings. The molecule has 0 bridgehead atoms. The van der Waals surface area contributed by atoms with Gasteiger partial charge in [0, 0.05) is 25.1 Å². The number of nitrogens with zero attached hydrogens (tertiary/aromatic N) is 1. The van der Waals surface area contributed by atoms with Crippen LogP contribution in [0, 0.1) is 5.92 Å². The molecule has 1 atom stereocenters. The van der Waals surface area contributed by atoms with Crippen molar-refractivity contribution in [2.24, 2.45) is 5.92 Å². The van der Waals surface area contributed by atoms with Crippen LogP contribution in [-0.2, 0) is 4.79 Å². The van der Waals surface area contributed by atoms with E-state index in [2.05, 4.69) is 4.90 Å². The molecule has 1 unspecified atom stereocenters. The molecule has 0 amide bonds. The molecular formula is C15H19NO3. The van der Waals surface area contributed by atoms with Crippen LogP contribution in [0.3, 0.4) is 0 Å². The topological polar surface area (TPSA) is 57.6 Å². The fourth-order valence-corrected chi connectivity index (χ4v) is 2.49. The summed E-state index contributed by atoms with van der Waals surface area (Å²) in [5.41, 5.74) is 0.731. The van der Waals surface area contributed by atoms with E-state index in [9.17, 15) is 9.59 Å². The molecule has 0 aromatic heterocycles. The average Bonchev–Trinajstić information content (AvgIpc) is 2.46. The number of Topliss-reactive ketones (excluding diaryl/α,β-unsaturated/α-hetero) is 1. The lowest BCUT2D eigenvalue weighted by Crippen LogP contribution is -2.39. The van der Waals surface area contributed by atoms with Gasteiger partial charge in [-0.25, -0.2) is 0 Å². The molecular weight excluding hydrogens is 242 g/mol. The van der Waals surface area contributed by atoms with Crippen LogP contribution in [0.15, 0.2) is 30.3 Å². The number of rotatable bonds is 5. The Hall–Kier alpha value is -1.68. The Morgan fingerprint density at radius 3 is 2.68 bits per heavy atom. The molecule has 102 valence electrons. The minimum Gasteiger partial charge on any atom is -0.481 e. The lowest BCUT2D eigenvalue weighted by molar-refractivity contribution is -0.143. The summed E-state index contributed by atoms with van der Waals surface area (Å²) in [4.78, 5) is 25.0. The smallest absolute Gasteiger partial charge is 0.307 e. The molecule has 1 aromatic rings. The van der Waals surface area contributed by atoms with Crippen molar-refractivity contribution in [2.45, 2.75) is 19.3 Å². The van der Waals surface area contributed by atoms with Crippen LogP contribution in [0.2, 0.25) is 0 Å². The zero-order chi connectivity index (χ0) is 13.7.